The summed E-state index contributed by atoms with van der Waals surface area (Å²) in [7, 11) is 3.13. The Kier molecular flexibility index (Phi) is 11.4. The zero-order chi connectivity index (χ0) is 44.5. The van der Waals surface area contributed by atoms with E-state index in [2.05, 4.69) is 22.5 Å². The van der Waals surface area contributed by atoms with Crippen molar-refractivity contribution in [1.29, 1.82) is 0 Å². The average Bonchev–Trinajstić information content (AvgIpc) is 3.80. The Bertz CT molecular complexity index is 2680. The summed E-state index contributed by atoms with van der Waals surface area (Å²) in [5.41, 5.74) is 8.79. The summed E-state index contributed by atoms with van der Waals surface area (Å²) in [6.45, 7) is 0.101. The summed E-state index contributed by atoms with van der Waals surface area (Å²) in [6.07, 6.45) is -0.388. The molecule has 14 nitrogen and oxygen atoms in total. The maximum atomic E-state index is 16.1. The fourth-order valence-electron chi connectivity index (χ4n) is 10.2. The number of nitrogens with zero attached hydrogens (tertiary/aromatic N) is 2. The molecule has 5 N–H and O–H groups in total. The van der Waals surface area contributed by atoms with Gasteiger partial charge in [0.1, 0.15) is 29.9 Å². The number of nitrogens with one attached hydrogen (secondary N) is 2. The molecule has 5 aromatic rings. The number of fused-ring (bicyclic) bond motifs is 4. The van der Waals surface area contributed by atoms with Gasteiger partial charge in [-0.3, -0.25) is 19.3 Å². The van der Waals surface area contributed by atoms with Crippen LogP contribution < -0.4 is 30.6 Å². The lowest BCUT2D eigenvalue weighted by molar-refractivity contribution is -0.179. The lowest BCUT2D eigenvalue weighted by atomic mass is 9.64. The Hall–Kier alpha value is -7.34. The van der Waals surface area contributed by atoms with Crippen molar-refractivity contribution < 1.29 is 43.2 Å². The van der Waals surface area contributed by atoms with Crippen molar-refractivity contribution in [2.45, 2.75) is 42.6 Å². The number of ether oxygens (including phenoxy) is 4. The largest absolute Gasteiger partial charge is 0.493 e. The number of carbonyl (C=O) groups is 4. The second kappa shape index (κ2) is 17.4. The molecule has 326 valence electrons. The van der Waals surface area contributed by atoms with Crippen molar-refractivity contribution in [1.82, 2.24) is 15.1 Å². The summed E-state index contributed by atoms with van der Waals surface area (Å²) < 4.78 is 24.1. The topological polar surface area (TPSA) is 182 Å². The van der Waals surface area contributed by atoms with Crippen LogP contribution in [0.25, 0.3) is 0 Å². The van der Waals surface area contributed by atoms with Crippen molar-refractivity contribution in [3.63, 3.8) is 0 Å². The number of nitrogens with two attached hydrogens (primary N) is 1. The van der Waals surface area contributed by atoms with Gasteiger partial charge in [0.2, 0.25) is 11.8 Å². The number of carbonyl (C=O) groups excluding carboxylic acids is 4. The quantitative estimate of drug-likeness (QED) is 0.111. The SMILES string of the molecule is COc1cc2c(cc1OC)CN(C(=O)[C@H]1[C@@H]3C(=O)O[C@@H](c4ccccc4)[C@@H](c4ccccc4)N3[C@@H](c3ccccc3OCCO)[C@]13C(=O)Nc1ccc(C#CCNC(N)=O)cc13)CC2. The predicted octanol–water partition coefficient (Wildman–Crippen LogP) is 4.95. The summed E-state index contributed by atoms with van der Waals surface area (Å²) in [5, 5.41) is 15.6. The van der Waals surface area contributed by atoms with Crippen LogP contribution in [0.3, 0.4) is 0 Å². The molecule has 0 aromatic heterocycles. The molecular weight excluding hydrogens is 815 g/mol. The molecule has 4 aliphatic rings. The highest BCUT2D eigenvalue weighted by Gasteiger charge is 2.74. The second-order valence-corrected chi connectivity index (χ2v) is 16.1. The molecule has 4 amide bonds. The third-order valence-corrected chi connectivity index (χ3v) is 12.7. The lowest BCUT2D eigenvalue weighted by Crippen LogP contribution is -2.56. The highest BCUT2D eigenvalue weighted by Crippen LogP contribution is 2.66. The summed E-state index contributed by atoms with van der Waals surface area (Å²) in [6, 6.07) is 31.6. The second-order valence-electron chi connectivity index (χ2n) is 16.1. The van der Waals surface area contributed by atoms with E-state index in [-0.39, 0.29) is 32.8 Å². The molecule has 6 atom stereocenters. The number of rotatable bonds is 10. The van der Waals surface area contributed by atoms with Gasteiger partial charge in [-0.2, -0.15) is 0 Å². The minimum Gasteiger partial charge on any atom is -0.493 e. The van der Waals surface area contributed by atoms with Crippen LogP contribution in [0.4, 0.5) is 10.5 Å². The van der Waals surface area contributed by atoms with E-state index < -0.39 is 59.4 Å². The predicted molar refractivity (Wildman–Crippen MR) is 235 cm³/mol. The molecule has 2 saturated heterocycles. The summed E-state index contributed by atoms with van der Waals surface area (Å²) in [5.74, 6) is 4.54. The van der Waals surface area contributed by atoms with Crippen LogP contribution in [0.15, 0.2) is 115 Å². The minimum atomic E-state index is -1.81. The Morgan fingerprint density at radius 2 is 1.56 bits per heavy atom. The molecule has 0 unspecified atom stereocenters. The normalized spacial score (nSPS) is 23.1. The smallest absolute Gasteiger partial charge is 0.324 e. The maximum Gasteiger partial charge on any atom is 0.324 e. The van der Waals surface area contributed by atoms with Gasteiger partial charge in [-0.25, -0.2) is 4.79 Å². The number of primary amides is 1. The Labute approximate surface area is 370 Å². The van der Waals surface area contributed by atoms with Crippen LogP contribution in [-0.2, 0) is 37.5 Å². The van der Waals surface area contributed by atoms with Gasteiger partial charge in [0.15, 0.2) is 11.5 Å². The number of benzene rings is 5. The number of aliphatic hydroxyl groups is 1. The fourth-order valence-corrected chi connectivity index (χ4v) is 10.2. The van der Waals surface area contributed by atoms with Crippen molar-refractivity contribution in [3.05, 3.63) is 154 Å². The van der Waals surface area contributed by atoms with E-state index in [9.17, 15) is 9.90 Å². The minimum absolute atomic E-state index is 0.0253. The number of cyclic esters (lactones) is 1. The first-order valence-corrected chi connectivity index (χ1v) is 21.1. The Morgan fingerprint density at radius 1 is 0.875 bits per heavy atom. The monoisotopic (exact) mass is 861 g/mol. The van der Waals surface area contributed by atoms with Crippen LogP contribution in [0.5, 0.6) is 17.2 Å². The van der Waals surface area contributed by atoms with Crippen LogP contribution >= 0.6 is 0 Å². The highest BCUT2D eigenvalue weighted by molar-refractivity contribution is 6.12. The van der Waals surface area contributed by atoms with Gasteiger partial charge in [0.05, 0.1) is 45.4 Å². The molecule has 2 fully saturated rings. The zero-order valence-corrected chi connectivity index (χ0v) is 35.3. The number of hydrogen-bond acceptors (Lipinski definition) is 10. The molecule has 0 bridgehead atoms. The number of methoxy groups -OCH3 is 2. The number of urea groups is 1. The van der Waals surface area contributed by atoms with E-state index in [0.717, 1.165) is 22.3 Å². The molecule has 4 aliphatic heterocycles. The van der Waals surface area contributed by atoms with E-state index in [1.54, 1.807) is 49.5 Å². The molecule has 0 saturated carbocycles. The number of esters is 1. The molecule has 14 heteroatoms. The molecular formula is C50H47N5O9. The van der Waals surface area contributed by atoms with E-state index in [0.29, 0.717) is 46.0 Å². The van der Waals surface area contributed by atoms with Crippen molar-refractivity contribution in [2.75, 3.05) is 45.8 Å². The molecule has 4 heterocycles. The van der Waals surface area contributed by atoms with Crippen LogP contribution in [0.1, 0.15) is 57.1 Å². The van der Waals surface area contributed by atoms with Crippen LogP contribution in [0, 0.1) is 17.8 Å². The highest BCUT2D eigenvalue weighted by atomic mass is 16.6. The third-order valence-electron chi connectivity index (χ3n) is 12.7. The first-order chi connectivity index (χ1) is 31.2. The lowest BCUT2D eigenvalue weighted by Gasteiger charge is -2.46. The van der Waals surface area contributed by atoms with Gasteiger partial charge < -0.3 is 45.3 Å². The fraction of sp³-hybridized carbons (Fsp3) is 0.280. The first-order valence-electron chi connectivity index (χ1n) is 21.1. The summed E-state index contributed by atoms with van der Waals surface area (Å²) >= 11 is 0. The number of para-hydroxylation sites is 1. The van der Waals surface area contributed by atoms with Gasteiger partial charge in [0, 0.05) is 29.9 Å². The van der Waals surface area contributed by atoms with Gasteiger partial charge in [-0.1, -0.05) is 90.7 Å². The van der Waals surface area contributed by atoms with Gasteiger partial charge in [0.25, 0.3) is 0 Å². The molecule has 0 radical (unpaired) electrons. The summed E-state index contributed by atoms with van der Waals surface area (Å²) in [4.78, 5) is 62.4. The number of morpholine rings is 1. The standard InChI is InChI=1S/C50H47N5O9/c1-61-39-27-33-21-23-54(29-34(33)28-40(39)62-2)46(57)41-43-47(58)64-44(32-15-7-4-8-16-32)42(31-13-5-3-6-14-31)55(43)45(35-17-9-10-18-38(35)63-25-24-56)50(41)36-26-30(12-11-22-52-49(51)60)19-20-37(36)53-48(50)59/h3-10,13-20,26-28,41-45,56H,21-25,29H2,1-2H3,(H,53,59)(H3,51,52,60)/t41-,42-,43-,44+,45+,50-/m1/s1. The van der Waals surface area contributed by atoms with Crippen LogP contribution in [0.2, 0.25) is 0 Å². The average molecular weight is 862 g/mol. The van der Waals surface area contributed by atoms with E-state index in [1.165, 1.54) is 0 Å². The third kappa shape index (κ3) is 7.12. The van der Waals surface area contributed by atoms with Gasteiger partial charge in [-0.15, -0.1) is 0 Å². The van der Waals surface area contributed by atoms with Gasteiger partial charge in [-0.05, 0) is 70.6 Å². The number of anilines is 1. The van der Waals surface area contributed by atoms with Crippen molar-refractivity contribution in [2.24, 2.45) is 11.7 Å². The number of hydrogen-bond donors (Lipinski definition) is 4. The first kappa shape index (κ1) is 42.0. The molecule has 5 aromatic carbocycles. The van der Waals surface area contributed by atoms with E-state index >= 15 is 14.4 Å². The van der Waals surface area contributed by atoms with Crippen molar-refractivity contribution in [3.8, 4) is 29.1 Å². The van der Waals surface area contributed by atoms with Gasteiger partial charge >= 0.3 is 12.0 Å². The van der Waals surface area contributed by atoms with E-state index in [1.807, 2.05) is 89.8 Å². The number of aliphatic hydroxyl groups excluding tert-OH is 1. The molecule has 0 aliphatic carbocycles. The van der Waals surface area contributed by atoms with E-state index in [4.69, 9.17) is 24.7 Å². The van der Waals surface area contributed by atoms with Crippen LogP contribution in [-0.4, -0.2) is 85.3 Å². The number of amides is 4. The maximum absolute atomic E-state index is 16.1. The zero-order valence-electron chi connectivity index (χ0n) is 35.3. The van der Waals surface area contributed by atoms with Crippen molar-refractivity contribution >= 4 is 29.5 Å². The molecule has 1 spiro atoms. The molecule has 64 heavy (non-hydrogen) atoms. The Balaban J connectivity index is 1.32. The molecule has 9 rings (SSSR count). The Morgan fingerprint density at radius 3 is 2.27 bits per heavy atom.